The maximum atomic E-state index is 12.0. The number of aliphatic carboxylic acids is 1. The Hall–Kier alpha value is -1.30. The third-order valence-electron chi connectivity index (χ3n) is 4.05. The van der Waals surface area contributed by atoms with E-state index in [1.807, 2.05) is 0 Å². The number of hydrogen-bond acceptors (Lipinski definition) is 3. The van der Waals surface area contributed by atoms with Crippen LogP contribution in [0.2, 0.25) is 0 Å². The molecule has 0 aromatic heterocycles. The fraction of sp³-hybridized carbons (Fsp3) is 0.833. The highest BCUT2D eigenvalue weighted by molar-refractivity contribution is 5.83. The summed E-state index contributed by atoms with van der Waals surface area (Å²) in [7, 11) is 0. The van der Waals surface area contributed by atoms with E-state index in [9.17, 15) is 9.59 Å². The van der Waals surface area contributed by atoms with E-state index in [2.05, 4.69) is 5.32 Å². The van der Waals surface area contributed by atoms with Crippen molar-refractivity contribution in [2.24, 2.45) is 5.92 Å². The number of carbonyl (C=O) groups is 2. The fourth-order valence-electron chi connectivity index (χ4n) is 3.08. The Bertz CT molecular complexity index is 334. The second-order valence-corrected chi connectivity index (χ2v) is 5.12. The molecule has 2 amide bonds. The molecular formula is C12H20N2O4. The first-order valence-electron chi connectivity index (χ1n) is 6.54. The van der Waals surface area contributed by atoms with Gasteiger partial charge in [-0.1, -0.05) is 12.8 Å². The maximum Gasteiger partial charge on any atom is 0.328 e. The van der Waals surface area contributed by atoms with Gasteiger partial charge in [0, 0.05) is 12.6 Å². The minimum atomic E-state index is -1.21. The normalized spacial score (nSPS) is 28.6. The molecule has 1 aliphatic carbocycles. The molecule has 2 fully saturated rings. The van der Waals surface area contributed by atoms with Crippen molar-refractivity contribution in [3.8, 4) is 0 Å². The number of carbonyl (C=O) groups excluding carboxylic acids is 1. The molecule has 6 heteroatoms. The Morgan fingerprint density at radius 3 is 2.67 bits per heavy atom. The van der Waals surface area contributed by atoms with Gasteiger partial charge in [0.2, 0.25) is 0 Å². The van der Waals surface area contributed by atoms with Gasteiger partial charge in [-0.15, -0.1) is 0 Å². The van der Waals surface area contributed by atoms with Gasteiger partial charge in [0.1, 0.15) is 0 Å². The Balaban J connectivity index is 1.94. The van der Waals surface area contributed by atoms with Crippen LogP contribution in [0.4, 0.5) is 4.79 Å². The molecule has 0 bridgehead atoms. The lowest BCUT2D eigenvalue weighted by molar-refractivity contribution is -0.140. The first-order chi connectivity index (χ1) is 8.63. The molecule has 18 heavy (non-hydrogen) atoms. The highest BCUT2D eigenvalue weighted by atomic mass is 16.4. The second kappa shape index (κ2) is 5.56. The maximum absolute atomic E-state index is 12.0. The third-order valence-corrected chi connectivity index (χ3v) is 4.05. The van der Waals surface area contributed by atoms with E-state index in [0.29, 0.717) is 12.5 Å². The number of nitrogens with zero attached hydrogens (tertiary/aromatic N) is 1. The van der Waals surface area contributed by atoms with Crippen molar-refractivity contribution < 1.29 is 19.8 Å². The standard InChI is InChI=1S/C12H20N2O4/c15-7-9(11(16)17)13-12(18)14-6-5-8-3-1-2-4-10(8)14/h8-10,15H,1-7H2,(H,13,18)(H,16,17)/t8?,9-,10?/m1/s1. The molecule has 102 valence electrons. The predicted molar refractivity (Wildman–Crippen MR) is 64.1 cm³/mol. The molecule has 2 unspecified atom stereocenters. The Kier molecular flexibility index (Phi) is 4.06. The van der Waals surface area contributed by atoms with Crippen LogP contribution in [0.3, 0.4) is 0 Å². The summed E-state index contributed by atoms with van der Waals surface area (Å²) in [5.74, 6) is -0.632. The van der Waals surface area contributed by atoms with Gasteiger partial charge in [0.15, 0.2) is 6.04 Å². The SMILES string of the molecule is O=C(O)[C@@H](CO)NC(=O)N1CCC2CCCCC21. The Labute approximate surface area is 106 Å². The Morgan fingerprint density at radius 2 is 2.00 bits per heavy atom. The third kappa shape index (κ3) is 2.58. The van der Waals surface area contributed by atoms with Gasteiger partial charge in [-0.2, -0.15) is 0 Å². The lowest BCUT2D eigenvalue weighted by Gasteiger charge is -2.32. The van der Waals surface area contributed by atoms with Crippen molar-refractivity contribution in [2.45, 2.75) is 44.2 Å². The molecule has 0 aromatic carbocycles. The summed E-state index contributed by atoms with van der Waals surface area (Å²) in [5, 5.41) is 20.1. The number of urea groups is 1. The number of rotatable bonds is 3. The molecule has 1 saturated carbocycles. The lowest BCUT2D eigenvalue weighted by Crippen LogP contribution is -2.51. The van der Waals surface area contributed by atoms with Crippen LogP contribution in [0, 0.1) is 5.92 Å². The molecule has 0 radical (unpaired) electrons. The smallest absolute Gasteiger partial charge is 0.328 e. The zero-order valence-electron chi connectivity index (χ0n) is 10.3. The summed E-state index contributed by atoms with van der Waals surface area (Å²) in [4.78, 5) is 24.5. The molecule has 3 N–H and O–H groups in total. The Morgan fingerprint density at radius 1 is 1.28 bits per heavy atom. The van der Waals surface area contributed by atoms with Crippen LogP contribution in [0.5, 0.6) is 0 Å². The van der Waals surface area contributed by atoms with Gasteiger partial charge in [-0.25, -0.2) is 9.59 Å². The van der Waals surface area contributed by atoms with E-state index in [1.54, 1.807) is 4.90 Å². The van der Waals surface area contributed by atoms with Crippen LogP contribution in [-0.4, -0.2) is 52.3 Å². The van der Waals surface area contributed by atoms with Crippen LogP contribution in [0.1, 0.15) is 32.1 Å². The van der Waals surface area contributed by atoms with Crippen molar-refractivity contribution in [1.29, 1.82) is 0 Å². The summed E-state index contributed by atoms with van der Waals surface area (Å²) in [5.41, 5.74) is 0. The van der Waals surface area contributed by atoms with Crippen molar-refractivity contribution in [2.75, 3.05) is 13.2 Å². The van der Waals surface area contributed by atoms with Gasteiger partial charge in [-0.05, 0) is 25.2 Å². The first kappa shape index (κ1) is 13.1. The zero-order valence-corrected chi connectivity index (χ0v) is 10.3. The number of hydrogen-bond donors (Lipinski definition) is 3. The predicted octanol–water partition coefficient (Wildman–Crippen LogP) is 0.406. The van der Waals surface area contributed by atoms with Crippen LogP contribution >= 0.6 is 0 Å². The van der Waals surface area contributed by atoms with Crippen molar-refractivity contribution >= 4 is 12.0 Å². The number of likely N-dealkylation sites (tertiary alicyclic amines) is 1. The first-order valence-corrected chi connectivity index (χ1v) is 6.54. The molecule has 1 saturated heterocycles. The van der Waals surface area contributed by atoms with Crippen molar-refractivity contribution in [3.63, 3.8) is 0 Å². The van der Waals surface area contributed by atoms with E-state index in [4.69, 9.17) is 10.2 Å². The zero-order chi connectivity index (χ0) is 13.1. The number of nitrogens with one attached hydrogen (secondary N) is 1. The topological polar surface area (TPSA) is 89.9 Å². The minimum absolute atomic E-state index is 0.256. The summed E-state index contributed by atoms with van der Waals surface area (Å²) < 4.78 is 0. The molecule has 1 aliphatic heterocycles. The highest BCUT2D eigenvalue weighted by Gasteiger charge is 2.38. The van der Waals surface area contributed by atoms with Gasteiger partial charge >= 0.3 is 12.0 Å². The second-order valence-electron chi connectivity index (χ2n) is 5.12. The summed E-state index contributed by atoms with van der Waals surface area (Å²) >= 11 is 0. The number of aliphatic hydroxyl groups is 1. The number of fused-ring (bicyclic) bond motifs is 1. The molecule has 0 spiro atoms. The van der Waals surface area contributed by atoms with Gasteiger partial charge in [0.05, 0.1) is 6.61 Å². The molecule has 0 aromatic rings. The van der Waals surface area contributed by atoms with E-state index in [0.717, 1.165) is 25.7 Å². The number of carboxylic acid groups (broad SMARTS) is 1. The monoisotopic (exact) mass is 256 g/mol. The van der Waals surface area contributed by atoms with Crippen LogP contribution in [0.15, 0.2) is 0 Å². The largest absolute Gasteiger partial charge is 0.480 e. The summed E-state index contributed by atoms with van der Waals surface area (Å²) in [6.07, 6.45) is 5.54. The molecule has 6 nitrogen and oxygen atoms in total. The van der Waals surface area contributed by atoms with Gasteiger partial charge in [0.25, 0.3) is 0 Å². The number of amides is 2. The number of aliphatic hydroxyl groups excluding tert-OH is 1. The highest BCUT2D eigenvalue weighted by Crippen LogP contribution is 2.35. The molecule has 1 heterocycles. The molecule has 2 aliphatic rings. The molecule has 3 atom stereocenters. The minimum Gasteiger partial charge on any atom is -0.480 e. The average Bonchev–Trinajstić information content (AvgIpc) is 2.79. The average molecular weight is 256 g/mol. The fourth-order valence-corrected chi connectivity index (χ4v) is 3.08. The van der Waals surface area contributed by atoms with E-state index < -0.39 is 18.6 Å². The van der Waals surface area contributed by atoms with Gasteiger partial charge < -0.3 is 20.4 Å². The van der Waals surface area contributed by atoms with Crippen molar-refractivity contribution in [3.05, 3.63) is 0 Å². The van der Waals surface area contributed by atoms with E-state index >= 15 is 0 Å². The summed E-state index contributed by atoms with van der Waals surface area (Å²) in [6, 6.07) is -1.31. The van der Waals surface area contributed by atoms with E-state index in [1.165, 1.54) is 6.42 Å². The summed E-state index contributed by atoms with van der Waals surface area (Å²) in [6.45, 7) is 0.113. The van der Waals surface area contributed by atoms with Gasteiger partial charge in [-0.3, -0.25) is 0 Å². The van der Waals surface area contributed by atoms with E-state index in [-0.39, 0.29) is 12.1 Å². The molecule has 2 rings (SSSR count). The number of carboxylic acids is 1. The molecular weight excluding hydrogens is 236 g/mol. The lowest BCUT2D eigenvalue weighted by atomic mass is 9.85. The quantitative estimate of drug-likeness (QED) is 0.682. The van der Waals surface area contributed by atoms with Crippen LogP contribution < -0.4 is 5.32 Å². The van der Waals surface area contributed by atoms with Crippen molar-refractivity contribution in [1.82, 2.24) is 10.2 Å². The van der Waals surface area contributed by atoms with Crippen LogP contribution in [-0.2, 0) is 4.79 Å². The van der Waals surface area contributed by atoms with Crippen LogP contribution in [0.25, 0.3) is 0 Å².